The van der Waals surface area contributed by atoms with Gasteiger partial charge in [0.1, 0.15) is 0 Å². The van der Waals surface area contributed by atoms with Gasteiger partial charge in [0.05, 0.1) is 36.2 Å². The molecule has 0 radical (unpaired) electrons. The number of carbonyl (C=O) groups excluding carboxylic acids is 3. The first-order valence-corrected chi connectivity index (χ1v) is 16.5. The van der Waals surface area contributed by atoms with Crippen LogP contribution in [0.25, 0.3) is 12.2 Å². The molecule has 2 heterocycles. The molecule has 2 aliphatic rings. The summed E-state index contributed by atoms with van der Waals surface area (Å²) in [7, 11) is -7.27. The van der Waals surface area contributed by atoms with Crippen molar-refractivity contribution in [2.24, 2.45) is 0 Å². The minimum atomic E-state index is -3.63. The van der Waals surface area contributed by atoms with Crippen LogP contribution >= 0.6 is 0 Å². The Balaban J connectivity index is 1.17. The Morgan fingerprint density at radius 1 is 0.614 bits per heavy atom. The van der Waals surface area contributed by atoms with Gasteiger partial charge in [-0.3, -0.25) is 4.79 Å². The number of rotatable bonds is 12. The van der Waals surface area contributed by atoms with Crippen molar-refractivity contribution in [2.75, 3.05) is 65.8 Å². The van der Waals surface area contributed by atoms with Crippen molar-refractivity contribution in [2.45, 2.75) is 9.79 Å². The van der Waals surface area contributed by atoms with E-state index in [-0.39, 0.29) is 36.0 Å². The Kier molecular flexibility index (Phi) is 11.5. The van der Waals surface area contributed by atoms with E-state index < -0.39 is 51.0 Å². The van der Waals surface area contributed by atoms with Gasteiger partial charge < -0.3 is 18.9 Å². The average Bonchev–Trinajstić information content (AvgIpc) is 3.05. The predicted octanol–water partition coefficient (Wildman–Crippen LogP) is 1.11. The van der Waals surface area contributed by atoms with Crippen LogP contribution in [0.4, 0.5) is 0 Å². The van der Waals surface area contributed by atoms with E-state index in [1.165, 1.54) is 69.3 Å². The molecule has 2 aromatic rings. The minimum absolute atomic E-state index is 0.127. The molecule has 0 N–H and O–H groups in total. The predicted molar refractivity (Wildman–Crippen MR) is 157 cm³/mol. The van der Waals surface area contributed by atoms with E-state index in [0.29, 0.717) is 37.6 Å². The topological polar surface area (TPSA) is 163 Å². The number of sulfonamides is 2. The molecule has 0 aliphatic carbocycles. The van der Waals surface area contributed by atoms with Gasteiger partial charge in [0.2, 0.25) is 25.8 Å². The van der Waals surface area contributed by atoms with Crippen LogP contribution in [0, 0.1) is 0 Å². The van der Waals surface area contributed by atoms with Gasteiger partial charge in [0.25, 0.3) is 0 Å². The van der Waals surface area contributed by atoms with Gasteiger partial charge in [-0.1, -0.05) is 24.3 Å². The second kappa shape index (κ2) is 15.3. The molecule has 2 fully saturated rings. The van der Waals surface area contributed by atoms with E-state index in [4.69, 9.17) is 18.9 Å². The van der Waals surface area contributed by atoms with E-state index in [2.05, 4.69) is 0 Å². The highest BCUT2D eigenvalue weighted by Gasteiger charge is 2.27. The van der Waals surface area contributed by atoms with E-state index in [1.807, 2.05) is 0 Å². The molecule has 4 rings (SSSR count). The molecule has 15 heteroatoms. The second-order valence-electron chi connectivity index (χ2n) is 9.59. The quantitative estimate of drug-likeness (QED) is 0.239. The van der Waals surface area contributed by atoms with Crippen LogP contribution in [0.15, 0.2) is 70.5 Å². The van der Waals surface area contributed by atoms with Crippen molar-refractivity contribution in [1.82, 2.24) is 8.61 Å². The SMILES string of the molecule is O=C(COC(=O)C=Cc1ccc(S(=O)(=O)N2CCOCC2)cc1)COC(=O)C=Cc1ccc(S(=O)(=O)N2CCOCC2)cc1. The van der Waals surface area contributed by atoms with Crippen LogP contribution in [0.5, 0.6) is 0 Å². The molecule has 2 aliphatic heterocycles. The lowest BCUT2D eigenvalue weighted by atomic mass is 10.2. The number of ether oxygens (including phenoxy) is 4. The second-order valence-corrected chi connectivity index (χ2v) is 13.5. The third kappa shape index (κ3) is 9.14. The van der Waals surface area contributed by atoms with Crippen molar-refractivity contribution in [3.63, 3.8) is 0 Å². The molecular formula is C29H32N2O11S2. The van der Waals surface area contributed by atoms with Crippen LogP contribution in [0.1, 0.15) is 11.1 Å². The molecule has 0 unspecified atom stereocenters. The van der Waals surface area contributed by atoms with Crippen molar-refractivity contribution in [3.05, 3.63) is 71.8 Å². The van der Waals surface area contributed by atoms with Crippen molar-refractivity contribution >= 4 is 49.9 Å². The molecule has 13 nitrogen and oxygen atoms in total. The number of hydrogen-bond donors (Lipinski definition) is 0. The largest absolute Gasteiger partial charge is 0.454 e. The highest BCUT2D eigenvalue weighted by molar-refractivity contribution is 7.89. The van der Waals surface area contributed by atoms with E-state index in [9.17, 15) is 31.2 Å². The fourth-order valence-electron chi connectivity index (χ4n) is 4.14. The van der Waals surface area contributed by atoms with Crippen LogP contribution in [0.2, 0.25) is 0 Å². The fourth-order valence-corrected chi connectivity index (χ4v) is 6.96. The van der Waals surface area contributed by atoms with Gasteiger partial charge in [0, 0.05) is 38.3 Å². The number of carbonyl (C=O) groups is 3. The number of Topliss-reactive ketones (excluding diaryl/α,β-unsaturated/α-hetero) is 1. The van der Waals surface area contributed by atoms with Crippen molar-refractivity contribution < 1.29 is 50.2 Å². The zero-order valence-corrected chi connectivity index (χ0v) is 25.3. The summed E-state index contributed by atoms with van der Waals surface area (Å²) in [5.41, 5.74) is 1.09. The number of morpholine rings is 2. The molecule has 0 spiro atoms. The van der Waals surface area contributed by atoms with Gasteiger partial charge in [-0.2, -0.15) is 8.61 Å². The Hall–Kier alpha value is -3.73. The summed E-state index contributed by atoms with van der Waals surface area (Å²) in [5, 5.41) is 0. The summed E-state index contributed by atoms with van der Waals surface area (Å²) in [6.45, 7) is 1.26. The molecule has 0 saturated carbocycles. The summed E-state index contributed by atoms with van der Waals surface area (Å²) < 4.78 is 73.6. The molecule has 0 amide bonds. The smallest absolute Gasteiger partial charge is 0.331 e. The average molecular weight is 649 g/mol. The summed E-state index contributed by atoms with van der Waals surface area (Å²) in [5.74, 6) is -2.27. The summed E-state index contributed by atoms with van der Waals surface area (Å²) in [6.07, 6.45) is 5.00. The lowest BCUT2D eigenvalue weighted by Gasteiger charge is -2.26. The highest BCUT2D eigenvalue weighted by Crippen LogP contribution is 2.19. The zero-order valence-electron chi connectivity index (χ0n) is 23.7. The van der Waals surface area contributed by atoms with Crippen LogP contribution in [-0.4, -0.2) is 109 Å². The standard InChI is InChI=1S/C29H32N2O11S2/c32-25(21-41-28(33)11-5-23-1-7-26(8-2-23)43(35,36)30-13-17-39-18-14-30)22-42-29(34)12-6-24-3-9-27(10-4-24)44(37,38)31-15-19-40-20-16-31/h1-12H,13-22H2. The Bertz CT molecular complexity index is 1470. The summed E-state index contributed by atoms with van der Waals surface area (Å²) in [4.78, 5) is 36.2. The maximum Gasteiger partial charge on any atom is 0.331 e. The third-order valence-electron chi connectivity index (χ3n) is 6.55. The maximum absolute atomic E-state index is 12.7. The molecule has 236 valence electrons. The Morgan fingerprint density at radius 3 is 1.30 bits per heavy atom. The first-order chi connectivity index (χ1) is 21.1. The monoisotopic (exact) mass is 648 g/mol. The first kappa shape index (κ1) is 33.2. The molecule has 0 aromatic heterocycles. The first-order valence-electron chi connectivity index (χ1n) is 13.6. The number of hydrogen-bond acceptors (Lipinski definition) is 11. The van der Waals surface area contributed by atoms with Crippen LogP contribution in [0.3, 0.4) is 0 Å². The minimum Gasteiger partial charge on any atom is -0.454 e. The van der Waals surface area contributed by atoms with E-state index in [1.54, 1.807) is 0 Å². The lowest BCUT2D eigenvalue weighted by molar-refractivity contribution is -0.148. The van der Waals surface area contributed by atoms with Gasteiger partial charge in [0.15, 0.2) is 13.2 Å². The van der Waals surface area contributed by atoms with Crippen molar-refractivity contribution in [3.8, 4) is 0 Å². The number of esters is 2. The number of ketones is 1. The maximum atomic E-state index is 12.7. The van der Waals surface area contributed by atoms with E-state index in [0.717, 1.165) is 12.2 Å². The Labute approximate surface area is 255 Å². The van der Waals surface area contributed by atoms with Gasteiger partial charge in [-0.25, -0.2) is 26.4 Å². The molecule has 2 aromatic carbocycles. The molecular weight excluding hydrogens is 616 g/mol. The van der Waals surface area contributed by atoms with Crippen LogP contribution in [-0.2, 0) is 53.4 Å². The molecule has 2 saturated heterocycles. The summed E-state index contributed by atoms with van der Waals surface area (Å²) in [6, 6.07) is 11.9. The third-order valence-corrected chi connectivity index (χ3v) is 10.4. The zero-order chi connectivity index (χ0) is 31.6. The molecule has 0 atom stereocenters. The number of nitrogens with zero attached hydrogens (tertiary/aromatic N) is 2. The van der Waals surface area contributed by atoms with Gasteiger partial charge in [-0.05, 0) is 47.5 Å². The Morgan fingerprint density at radius 2 is 0.955 bits per heavy atom. The van der Waals surface area contributed by atoms with Crippen molar-refractivity contribution in [1.29, 1.82) is 0 Å². The summed E-state index contributed by atoms with van der Waals surface area (Å²) >= 11 is 0. The number of benzene rings is 2. The normalized spacial score (nSPS) is 17.1. The fraction of sp³-hybridized carbons (Fsp3) is 0.345. The molecule has 0 bridgehead atoms. The van der Waals surface area contributed by atoms with Gasteiger partial charge >= 0.3 is 11.9 Å². The van der Waals surface area contributed by atoms with Gasteiger partial charge in [-0.15, -0.1) is 0 Å². The van der Waals surface area contributed by atoms with Crippen LogP contribution < -0.4 is 0 Å². The lowest BCUT2D eigenvalue weighted by Crippen LogP contribution is -2.40. The highest BCUT2D eigenvalue weighted by atomic mass is 32.2. The van der Waals surface area contributed by atoms with E-state index >= 15 is 0 Å². The molecule has 44 heavy (non-hydrogen) atoms.